The number of aliphatic carboxylic acids is 6. The maximum absolute atomic E-state index is 10.1. The number of hydrogen-bond acceptors (Lipinski definition) is 16. The van der Waals surface area contributed by atoms with Gasteiger partial charge in [-0.25, -0.2) is 0 Å². The zero-order valence-corrected chi connectivity index (χ0v) is 29.6. The standard InChI is InChI=1S/3C6H13NO2.C6H8O7.2Ga/c3*1-4(2)3-5(7)6(8)9;7-3(8)1-6(13,5(11)12)2-4(9)10;;/h3*4-5H,3,7H2,1-2H3,(H,8,9);13H,1-2H2,(H,7,8)(H,9,10)(H,11,12);;/q;;;;2*+3/p-6/t3*5-;;;/m000.../s1. The summed E-state index contributed by atoms with van der Waals surface area (Å²) in [7, 11) is 0. The van der Waals surface area contributed by atoms with E-state index in [1.807, 2.05) is 41.5 Å². The molecule has 0 aromatic rings. The molecule has 0 aliphatic carbocycles. The minimum absolute atomic E-state index is 0. The Labute approximate surface area is 271 Å². The van der Waals surface area contributed by atoms with Gasteiger partial charge in [0.1, 0.15) is 5.60 Å². The molecular weight excluding hydrogens is 678 g/mol. The van der Waals surface area contributed by atoms with Crippen molar-refractivity contribution in [3.63, 3.8) is 0 Å². The molecule has 0 unspecified atom stereocenters. The fourth-order valence-corrected chi connectivity index (χ4v) is 2.50. The molecule has 0 saturated heterocycles. The van der Waals surface area contributed by atoms with Gasteiger partial charge in [0.2, 0.25) is 0 Å². The molecule has 0 aliphatic rings. The average molecular weight is 719 g/mol. The molecule has 0 bridgehead atoms. The van der Waals surface area contributed by atoms with Crippen molar-refractivity contribution >= 4 is 75.4 Å². The summed E-state index contributed by atoms with van der Waals surface area (Å²) < 4.78 is 0. The van der Waals surface area contributed by atoms with E-state index in [-0.39, 0.29) is 39.6 Å². The van der Waals surface area contributed by atoms with Crippen LogP contribution in [0.1, 0.15) is 73.6 Å². The minimum atomic E-state index is -2.97. The van der Waals surface area contributed by atoms with Crippen molar-refractivity contribution in [2.75, 3.05) is 0 Å². The molecule has 0 amide bonds. The van der Waals surface area contributed by atoms with Gasteiger partial charge in [0, 0.05) is 42.9 Å². The molecule has 0 aromatic carbocycles. The van der Waals surface area contributed by atoms with Crippen molar-refractivity contribution in [2.24, 2.45) is 35.0 Å². The third-order valence-corrected chi connectivity index (χ3v) is 4.34. The summed E-state index contributed by atoms with van der Waals surface area (Å²) in [5, 5.41) is 68.9. The molecule has 18 heteroatoms. The predicted molar refractivity (Wildman–Crippen MR) is 138 cm³/mol. The maximum Gasteiger partial charge on any atom is 3.00 e. The van der Waals surface area contributed by atoms with Crippen LogP contribution in [-0.2, 0) is 28.8 Å². The summed E-state index contributed by atoms with van der Waals surface area (Å²) in [5.74, 6) is -8.52. The quantitative estimate of drug-likeness (QED) is 0.121. The first kappa shape index (κ1) is 52.6. The van der Waals surface area contributed by atoms with Gasteiger partial charge in [-0.2, -0.15) is 0 Å². The molecule has 16 nitrogen and oxygen atoms in total. The van der Waals surface area contributed by atoms with E-state index >= 15 is 0 Å². The molecule has 0 aliphatic heterocycles. The van der Waals surface area contributed by atoms with Crippen molar-refractivity contribution in [1.29, 1.82) is 0 Å². The van der Waals surface area contributed by atoms with Crippen LogP contribution >= 0.6 is 0 Å². The summed E-state index contributed by atoms with van der Waals surface area (Å²) in [6.07, 6.45) is -1.25. The molecule has 0 heterocycles. The SMILES string of the molecule is CC(C)C[C@H](N)C(=O)[O-].CC(C)C[C@H](N)C(=O)[O-].CC(C)C[C@H](N)C(=O)[O-].O=C([O-])CC(O)(CC(=O)[O-])C(=O)[O-].[Ga+3].[Ga+3]. The van der Waals surface area contributed by atoms with Crippen LogP contribution in [0.4, 0.5) is 0 Å². The Bertz CT molecular complexity index is 735. The fraction of sp³-hybridized carbons (Fsp3) is 0.750. The summed E-state index contributed by atoms with van der Waals surface area (Å²) in [6, 6.07) is -2.40. The first-order valence-electron chi connectivity index (χ1n) is 12.1. The van der Waals surface area contributed by atoms with E-state index in [0.717, 1.165) is 0 Å². The largest absolute Gasteiger partial charge is 3.00 e. The Morgan fingerprint density at radius 1 is 0.548 bits per heavy atom. The molecule has 236 valence electrons. The monoisotopic (exact) mass is 717 g/mol. The van der Waals surface area contributed by atoms with E-state index in [9.17, 15) is 59.4 Å². The Hall–Kier alpha value is -2.07. The molecule has 42 heavy (non-hydrogen) atoms. The molecule has 0 radical (unpaired) electrons. The summed E-state index contributed by atoms with van der Waals surface area (Å²) >= 11 is 0. The molecular formula is C24H41Ga2N3O13. The molecule has 0 fully saturated rings. The van der Waals surface area contributed by atoms with E-state index in [1.54, 1.807) is 0 Å². The van der Waals surface area contributed by atoms with Gasteiger partial charge in [-0.1, -0.05) is 41.5 Å². The first-order valence-corrected chi connectivity index (χ1v) is 12.1. The Kier molecular flexibility index (Phi) is 34.7. The number of carbonyl (C=O) groups is 6. The van der Waals surface area contributed by atoms with Gasteiger partial charge < -0.3 is 81.7 Å². The van der Waals surface area contributed by atoms with Crippen LogP contribution in [-0.4, -0.2) is 104 Å². The third-order valence-electron chi connectivity index (χ3n) is 4.34. The van der Waals surface area contributed by atoms with Crippen LogP contribution in [0.3, 0.4) is 0 Å². The number of rotatable bonds is 14. The van der Waals surface area contributed by atoms with Gasteiger partial charge in [0.05, 0.1) is 23.9 Å². The smallest absolute Gasteiger partial charge is 0.550 e. The topological polar surface area (TPSA) is 339 Å². The molecule has 7 N–H and O–H groups in total. The minimum Gasteiger partial charge on any atom is -0.550 e. The number of aliphatic hydroxyl groups is 1. The summed E-state index contributed by atoms with van der Waals surface area (Å²) in [5.41, 5.74) is 12.5. The van der Waals surface area contributed by atoms with E-state index in [2.05, 4.69) is 0 Å². The average Bonchev–Trinajstić information content (AvgIpc) is 2.72. The number of carboxylic acid groups (broad SMARTS) is 6. The van der Waals surface area contributed by atoms with Gasteiger partial charge in [-0.3, -0.25) is 0 Å². The number of carboxylic acids is 6. The van der Waals surface area contributed by atoms with Crippen LogP contribution < -0.4 is 47.8 Å². The molecule has 0 aromatic heterocycles. The number of hydrogen-bond donors (Lipinski definition) is 4. The second kappa shape index (κ2) is 27.7. The second-order valence-electron chi connectivity index (χ2n) is 10.1. The maximum atomic E-state index is 10.1. The van der Waals surface area contributed by atoms with E-state index < -0.39 is 72.4 Å². The Morgan fingerprint density at radius 3 is 0.810 bits per heavy atom. The number of carbonyl (C=O) groups excluding carboxylic acids is 6. The van der Waals surface area contributed by atoms with E-state index in [1.165, 1.54) is 0 Å². The first-order chi connectivity index (χ1) is 17.9. The van der Waals surface area contributed by atoms with Gasteiger partial charge >= 0.3 is 39.6 Å². The fourth-order valence-electron chi connectivity index (χ4n) is 2.50. The molecule has 0 saturated carbocycles. The summed E-state index contributed by atoms with van der Waals surface area (Å²) in [4.78, 5) is 60.0. The third kappa shape index (κ3) is 36.0. The van der Waals surface area contributed by atoms with Gasteiger partial charge in [0.15, 0.2) is 0 Å². The molecule has 3 atom stereocenters. The van der Waals surface area contributed by atoms with Gasteiger partial charge in [-0.15, -0.1) is 0 Å². The normalized spacial score (nSPS) is 12.2. The van der Waals surface area contributed by atoms with Crippen molar-refractivity contribution in [3.05, 3.63) is 0 Å². The Balaban J connectivity index is -0.000000103. The van der Waals surface area contributed by atoms with Crippen molar-refractivity contribution in [1.82, 2.24) is 0 Å². The molecule has 0 rings (SSSR count). The van der Waals surface area contributed by atoms with Crippen LogP contribution in [0.2, 0.25) is 0 Å². The van der Waals surface area contributed by atoms with Gasteiger partial charge in [0.25, 0.3) is 0 Å². The van der Waals surface area contributed by atoms with Crippen molar-refractivity contribution < 1.29 is 64.5 Å². The van der Waals surface area contributed by atoms with E-state index in [0.29, 0.717) is 37.0 Å². The van der Waals surface area contributed by atoms with Crippen LogP contribution in [0, 0.1) is 17.8 Å². The van der Waals surface area contributed by atoms with Crippen molar-refractivity contribution in [3.8, 4) is 0 Å². The molecule has 0 spiro atoms. The van der Waals surface area contributed by atoms with E-state index in [4.69, 9.17) is 22.3 Å². The van der Waals surface area contributed by atoms with Crippen LogP contribution in [0.15, 0.2) is 0 Å². The van der Waals surface area contributed by atoms with Gasteiger partial charge in [-0.05, 0) is 37.0 Å². The zero-order valence-electron chi connectivity index (χ0n) is 24.7. The second-order valence-corrected chi connectivity index (χ2v) is 10.1. The summed E-state index contributed by atoms with van der Waals surface area (Å²) in [6.45, 7) is 11.5. The zero-order chi connectivity index (χ0) is 33.0. The predicted octanol–water partition coefficient (Wildman–Crippen LogP) is -8.69. The van der Waals surface area contributed by atoms with Crippen LogP contribution in [0.25, 0.3) is 0 Å². The van der Waals surface area contributed by atoms with Crippen molar-refractivity contribution in [2.45, 2.75) is 97.4 Å². The Morgan fingerprint density at radius 2 is 0.738 bits per heavy atom. The number of nitrogens with two attached hydrogens (primary N) is 3. The van der Waals surface area contributed by atoms with Crippen LogP contribution in [0.5, 0.6) is 0 Å².